The van der Waals surface area contributed by atoms with Gasteiger partial charge in [-0.15, -0.1) is 0 Å². The van der Waals surface area contributed by atoms with E-state index in [1.807, 2.05) is 6.07 Å². The molecule has 4 heterocycles. The number of rotatable bonds is 8. The van der Waals surface area contributed by atoms with Gasteiger partial charge in [-0.25, -0.2) is 4.39 Å². The van der Waals surface area contributed by atoms with Crippen molar-refractivity contribution >= 4 is 40.9 Å². The van der Waals surface area contributed by atoms with E-state index in [2.05, 4.69) is 25.8 Å². The van der Waals surface area contributed by atoms with Gasteiger partial charge in [0.2, 0.25) is 11.8 Å². The van der Waals surface area contributed by atoms with E-state index in [4.69, 9.17) is 5.73 Å². The van der Waals surface area contributed by atoms with Gasteiger partial charge < -0.3 is 21.3 Å². The minimum Gasteiger partial charge on any atom is -0.380 e. The summed E-state index contributed by atoms with van der Waals surface area (Å²) in [5.41, 5.74) is 8.31. The van der Waals surface area contributed by atoms with Crippen molar-refractivity contribution in [2.24, 2.45) is 5.73 Å². The second-order valence-electron chi connectivity index (χ2n) is 11.0. The van der Waals surface area contributed by atoms with Crippen molar-refractivity contribution in [3.8, 4) is 0 Å². The summed E-state index contributed by atoms with van der Waals surface area (Å²) in [4.78, 5) is 69.4. The first-order valence-electron chi connectivity index (χ1n) is 14.3. The fourth-order valence-corrected chi connectivity index (χ4v) is 6.07. The van der Waals surface area contributed by atoms with Gasteiger partial charge in [-0.3, -0.25) is 39.2 Å². The molecule has 0 aliphatic carbocycles. The Morgan fingerprint density at radius 3 is 2.73 bits per heavy atom. The Kier molecular flexibility index (Phi) is 7.78. The van der Waals surface area contributed by atoms with Gasteiger partial charge >= 0.3 is 0 Å². The van der Waals surface area contributed by atoms with Crippen LogP contribution in [0, 0.1) is 5.82 Å². The Bertz CT molecular complexity index is 1700. The van der Waals surface area contributed by atoms with Gasteiger partial charge in [-0.1, -0.05) is 18.2 Å². The zero-order valence-electron chi connectivity index (χ0n) is 23.6. The molecule has 6 rings (SSSR count). The van der Waals surface area contributed by atoms with E-state index in [0.717, 1.165) is 17.0 Å². The van der Waals surface area contributed by atoms with E-state index in [1.165, 1.54) is 18.3 Å². The van der Waals surface area contributed by atoms with Crippen LogP contribution in [0.25, 0.3) is 0 Å². The SMILES string of the molecule is NC(=O)c1cnccc1N1CCNCC1Cc1ccc(CNc2cccc3c2C(=O)N(C2CCC(=O)NC2=O)C3=O)c(F)c1. The zero-order chi connectivity index (χ0) is 31.0. The number of imide groups is 2. The molecule has 5 amide bonds. The van der Waals surface area contributed by atoms with Crippen molar-refractivity contribution in [1.82, 2.24) is 20.5 Å². The number of benzene rings is 2. The van der Waals surface area contributed by atoms with E-state index in [-0.39, 0.29) is 36.6 Å². The molecule has 2 atom stereocenters. The molecular weight excluding hydrogens is 569 g/mol. The number of nitrogens with zero attached hydrogens (tertiary/aromatic N) is 3. The third kappa shape index (κ3) is 5.37. The van der Waals surface area contributed by atoms with E-state index in [0.29, 0.717) is 42.0 Å². The number of aromatic nitrogens is 1. The standard InChI is InChI=1S/C31H30FN7O5/c32-22-13-17(12-19-15-35-10-11-38(19)24-8-9-34-16-21(24)28(33)41)4-5-18(22)14-36-23-3-1-2-20-27(23)31(44)39(30(20)43)25-6-7-26(40)37-29(25)42/h1-5,8-9,13,16,19,25,35-36H,6-7,10-12,14-15H2,(H2,33,41)(H,37,40,42). The fourth-order valence-electron chi connectivity index (χ4n) is 6.07. The zero-order valence-corrected chi connectivity index (χ0v) is 23.6. The maximum absolute atomic E-state index is 15.3. The lowest BCUT2D eigenvalue weighted by atomic mass is 9.99. The van der Waals surface area contributed by atoms with Gasteiger partial charge in [-0.05, 0) is 42.7 Å². The van der Waals surface area contributed by atoms with Gasteiger partial charge in [0.05, 0.1) is 22.4 Å². The number of amides is 5. The number of anilines is 2. The van der Waals surface area contributed by atoms with Gasteiger partial charge in [-0.2, -0.15) is 0 Å². The number of hydrogen-bond acceptors (Lipinski definition) is 9. The number of nitrogens with two attached hydrogens (primary N) is 1. The minimum absolute atomic E-state index is 0.0254. The topological polar surface area (TPSA) is 167 Å². The monoisotopic (exact) mass is 599 g/mol. The lowest BCUT2D eigenvalue weighted by Gasteiger charge is -2.38. The van der Waals surface area contributed by atoms with Crippen LogP contribution in [0.4, 0.5) is 15.8 Å². The van der Waals surface area contributed by atoms with Crippen LogP contribution in [0.2, 0.25) is 0 Å². The molecule has 2 unspecified atom stereocenters. The van der Waals surface area contributed by atoms with Crippen molar-refractivity contribution in [2.45, 2.75) is 37.9 Å². The fraction of sp³-hybridized carbons (Fsp3) is 0.290. The van der Waals surface area contributed by atoms with Gasteiger partial charge in [0.25, 0.3) is 17.7 Å². The Labute approximate surface area is 251 Å². The first-order chi connectivity index (χ1) is 21.2. The molecule has 13 heteroatoms. The number of piperazine rings is 1. The third-order valence-electron chi connectivity index (χ3n) is 8.25. The number of carbonyl (C=O) groups excluding carboxylic acids is 5. The Morgan fingerprint density at radius 2 is 1.95 bits per heavy atom. The highest BCUT2D eigenvalue weighted by molar-refractivity contribution is 6.25. The second-order valence-corrected chi connectivity index (χ2v) is 11.0. The van der Waals surface area contributed by atoms with Crippen molar-refractivity contribution in [3.63, 3.8) is 0 Å². The van der Waals surface area contributed by atoms with Crippen LogP contribution in [0.1, 0.15) is 55.0 Å². The molecule has 1 aromatic heterocycles. The Balaban J connectivity index is 1.16. The van der Waals surface area contributed by atoms with Crippen molar-refractivity contribution in [1.29, 1.82) is 0 Å². The van der Waals surface area contributed by atoms with Crippen LogP contribution in [0.5, 0.6) is 0 Å². The van der Waals surface area contributed by atoms with Crippen LogP contribution in [0.15, 0.2) is 54.9 Å². The molecule has 0 radical (unpaired) electrons. The number of nitrogens with one attached hydrogen (secondary N) is 3. The molecule has 44 heavy (non-hydrogen) atoms. The summed E-state index contributed by atoms with van der Waals surface area (Å²) in [6.07, 6.45) is 3.66. The van der Waals surface area contributed by atoms with Crippen molar-refractivity contribution < 1.29 is 28.4 Å². The van der Waals surface area contributed by atoms with Crippen LogP contribution < -0.4 is 26.6 Å². The van der Waals surface area contributed by atoms with E-state index >= 15 is 4.39 Å². The molecule has 0 bridgehead atoms. The summed E-state index contributed by atoms with van der Waals surface area (Å²) in [5, 5.41) is 8.61. The summed E-state index contributed by atoms with van der Waals surface area (Å²) in [7, 11) is 0. The van der Waals surface area contributed by atoms with Crippen molar-refractivity contribution in [2.75, 3.05) is 29.9 Å². The Morgan fingerprint density at radius 1 is 1.11 bits per heavy atom. The molecule has 3 aliphatic rings. The molecule has 5 N–H and O–H groups in total. The van der Waals surface area contributed by atoms with Gasteiger partial charge in [0.15, 0.2) is 0 Å². The highest BCUT2D eigenvalue weighted by atomic mass is 19.1. The third-order valence-corrected chi connectivity index (χ3v) is 8.25. The molecule has 2 aromatic carbocycles. The number of primary amides is 1. The molecule has 12 nitrogen and oxygen atoms in total. The second kappa shape index (κ2) is 11.8. The number of carbonyl (C=O) groups is 5. The molecule has 2 fully saturated rings. The normalized spacial score (nSPS) is 20.0. The smallest absolute Gasteiger partial charge is 0.264 e. The number of fused-ring (bicyclic) bond motifs is 1. The summed E-state index contributed by atoms with van der Waals surface area (Å²) < 4.78 is 15.3. The number of piperidine rings is 1. The molecule has 3 aromatic rings. The highest BCUT2D eigenvalue weighted by Crippen LogP contribution is 2.33. The predicted octanol–water partition coefficient (Wildman–Crippen LogP) is 1.35. The molecule has 226 valence electrons. The largest absolute Gasteiger partial charge is 0.380 e. The van der Waals surface area contributed by atoms with Crippen LogP contribution in [-0.4, -0.2) is 71.1 Å². The van der Waals surface area contributed by atoms with Crippen LogP contribution >= 0.6 is 0 Å². The number of pyridine rings is 1. The molecule has 0 spiro atoms. The molecule has 3 aliphatic heterocycles. The maximum Gasteiger partial charge on any atom is 0.264 e. The first kappa shape index (κ1) is 28.9. The quantitative estimate of drug-likeness (QED) is 0.280. The summed E-state index contributed by atoms with van der Waals surface area (Å²) in [6.45, 7) is 2.04. The summed E-state index contributed by atoms with van der Waals surface area (Å²) >= 11 is 0. The molecular formula is C31H30FN7O5. The van der Waals surface area contributed by atoms with Crippen molar-refractivity contribution in [3.05, 3.63) is 88.5 Å². The average Bonchev–Trinajstić information content (AvgIpc) is 3.26. The minimum atomic E-state index is -1.07. The van der Waals surface area contributed by atoms with Gasteiger partial charge in [0, 0.05) is 62.3 Å². The van der Waals surface area contributed by atoms with E-state index < -0.39 is 41.4 Å². The predicted molar refractivity (Wildman–Crippen MR) is 157 cm³/mol. The lowest BCUT2D eigenvalue weighted by Crippen LogP contribution is -2.54. The number of halogens is 1. The van der Waals surface area contributed by atoms with E-state index in [1.54, 1.807) is 30.5 Å². The average molecular weight is 600 g/mol. The van der Waals surface area contributed by atoms with Crippen LogP contribution in [-0.2, 0) is 22.6 Å². The molecule has 0 saturated carbocycles. The first-order valence-corrected chi connectivity index (χ1v) is 14.3. The highest BCUT2D eigenvalue weighted by Gasteiger charge is 2.45. The van der Waals surface area contributed by atoms with E-state index in [9.17, 15) is 24.0 Å². The summed E-state index contributed by atoms with van der Waals surface area (Å²) in [6, 6.07) is 10.3. The Hall–Kier alpha value is -5.17. The van der Waals surface area contributed by atoms with Gasteiger partial charge in [0.1, 0.15) is 11.9 Å². The lowest BCUT2D eigenvalue weighted by molar-refractivity contribution is -0.136. The summed E-state index contributed by atoms with van der Waals surface area (Å²) in [5.74, 6) is -3.39. The van der Waals surface area contributed by atoms with Crippen LogP contribution in [0.3, 0.4) is 0 Å². The number of hydrogen-bond donors (Lipinski definition) is 4. The molecule has 2 saturated heterocycles. The maximum atomic E-state index is 15.3.